The molecule has 0 atom stereocenters. The van der Waals surface area contributed by atoms with E-state index in [1.807, 2.05) is 60.5 Å². The molecule has 18 heavy (non-hydrogen) atoms. The van der Waals surface area contributed by atoms with Crippen LogP contribution in [-0.4, -0.2) is 14.2 Å². The second kappa shape index (κ2) is 5.24. The van der Waals surface area contributed by atoms with Gasteiger partial charge in [0, 0.05) is 18.8 Å². The number of para-hydroxylation sites is 1. The Kier molecular flexibility index (Phi) is 3.49. The maximum absolute atomic E-state index is 9.11. The van der Waals surface area contributed by atoms with E-state index in [2.05, 4.69) is 6.07 Å². The largest absolute Gasteiger partial charge is 0.497 e. The third-order valence-corrected chi connectivity index (χ3v) is 2.83. The van der Waals surface area contributed by atoms with Gasteiger partial charge in [-0.2, -0.15) is 5.26 Å². The number of hydrogen-bond acceptors (Lipinski definition) is 3. The Morgan fingerprint density at radius 2 is 1.89 bits per heavy atom. The highest BCUT2D eigenvalue weighted by molar-refractivity contribution is 5.69. The summed E-state index contributed by atoms with van der Waals surface area (Å²) in [5.41, 5.74) is 2.52. The van der Waals surface area contributed by atoms with Gasteiger partial charge in [0.15, 0.2) is 0 Å². The molecule has 3 heteroatoms. The molecular formula is C15H14N2O. The predicted molar refractivity (Wildman–Crippen MR) is 72.2 cm³/mol. The van der Waals surface area contributed by atoms with E-state index >= 15 is 0 Å². The molecule has 0 amide bonds. The molecule has 0 aliphatic carbocycles. The van der Waals surface area contributed by atoms with Gasteiger partial charge in [-0.15, -0.1) is 0 Å². The van der Waals surface area contributed by atoms with Gasteiger partial charge in [-0.05, 0) is 24.3 Å². The zero-order valence-electron chi connectivity index (χ0n) is 10.4. The lowest BCUT2D eigenvalue weighted by atomic mass is 10.1. The fraction of sp³-hybridized carbons (Fsp3) is 0.133. The van der Waals surface area contributed by atoms with E-state index in [0.717, 1.165) is 17.1 Å². The van der Waals surface area contributed by atoms with Crippen molar-refractivity contribution < 1.29 is 4.74 Å². The van der Waals surface area contributed by atoms with Crippen molar-refractivity contribution in [1.29, 1.82) is 5.26 Å². The van der Waals surface area contributed by atoms with Gasteiger partial charge in [0.2, 0.25) is 0 Å². The summed E-state index contributed by atoms with van der Waals surface area (Å²) < 4.78 is 5.21. The summed E-state index contributed by atoms with van der Waals surface area (Å²) in [7, 11) is 3.58. The number of hydrogen-bond donors (Lipinski definition) is 0. The fourth-order valence-corrected chi connectivity index (χ4v) is 1.82. The van der Waals surface area contributed by atoms with Gasteiger partial charge < -0.3 is 9.64 Å². The minimum absolute atomic E-state index is 0.655. The lowest BCUT2D eigenvalue weighted by molar-refractivity contribution is 0.415. The number of nitrogens with zero attached hydrogens (tertiary/aromatic N) is 2. The molecule has 0 aliphatic heterocycles. The first-order valence-corrected chi connectivity index (χ1v) is 5.63. The molecule has 0 N–H and O–H groups in total. The second-order valence-electron chi connectivity index (χ2n) is 3.89. The average molecular weight is 238 g/mol. The molecule has 0 radical (unpaired) electrons. The van der Waals surface area contributed by atoms with E-state index < -0.39 is 0 Å². The van der Waals surface area contributed by atoms with Gasteiger partial charge in [0.1, 0.15) is 11.8 Å². The van der Waals surface area contributed by atoms with E-state index in [4.69, 9.17) is 10.00 Å². The lowest BCUT2D eigenvalue weighted by Gasteiger charge is -2.21. The molecule has 2 aromatic rings. The zero-order valence-corrected chi connectivity index (χ0v) is 10.4. The number of ether oxygens (including phenoxy) is 1. The summed E-state index contributed by atoms with van der Waals surface area (Å²) in [5, 5.41) is 9.11. The molecule has 0 bridgehead atoms. The zero-order chi connectivity index (χ0) is 13.0. The molecular weight excluding hydrogens is 224 g/mol. The highest BCUT2D eigenvalue weighted by atomic mass is 16.5. The van der Waals surface area contributed by atoms with Crippen molar-refractivity contribution >= 4 is 11.4 Å². The molecule has 0 heterocycles. The Hall–Kier alpha value is -2.47. The van der Waals surface area contributed by atoms with Gasteiger partial charge in [-0.25, -0.2) is 0 Å². The highest BCUT2D eigenvalue weighted by Gasteiger charge is 2.08. The van der Waals surface area contributed by atoms with Crippen LogP contribution in [0.15, 0.2) is 48.5 Å². The third-order valence-electron chi connectivity index (χ3n) is 2.83. The maximum atomic E-state index is 9.11. The normalized spacial score (nSPS) is 9.61. The van der Waals surface area contributed by atoms with Crippen LogP contribution < -0.4 is 9.64 Å². The summed E-state index contributed by atoms with van der Waals surface area (Å²) >= 11 is 0. The first-order chi connectivity index (χ1) is 8.76. The van der Waals surface area contributed by atoms with Crippen molar-refractivity contribution in [2.75, 3.05) is 19.1 Å². The van der Waals surface area contributed by atoms with E-state index in [9.17, 15) is 0 Å². The number of anilines is 2. The van der Waals surface area contributed by atoms with E-state index in [1.165, 1.54) is 0 Å². The Bertz CT molecular complexity index is 587. The topological polar surface area (TPSA) is 36.3 Å². The summed E-state index contributed by atoms with van der Waals surface area (Å²) in [6, 6.07) is 17.5. The molecule has 2 aromatic carbocycles. The van der Waals surface area contributed by atoms with Gasteiger partial charge in [0.05, 0.1) is 18.4 Å². The van der Waals surface area contributed by atoms with Gasteiger partial charge >= 0.3 is 0 Å². The number of benzene rings is 2. The molecule has 3 nitrogen and oxygen atoms in total. The maximum Gasteiger partial charge on any atom is 0.120 e. The molecule has 2 rings (SSSR count). The van der Waals surface area contributed by atoms with Crippen LogP contribution in [0, 0.1) is 11.3 Å². The Morgan fingerprint density at radius 1 is 1.11 bits per heavy atom. The van der Waals surface area contributed by atoms with Crippen molar-refractivity contribution in [2.24, 2.45) is 0 Å². The quantitative estimate of drug-likeness (QED) is 0.822. The van der Waals surface area contributed by atoms with Crippen LogP contribution >= 0.6 is 0 Å². The molecule has 0 aromatic heterocycles. The minimum Gasteiger partial charge on any atom is -0.497 e. The van der Waals surface area contributed by atoms with Crippen LogP contribution in [0.1, 0.15) is 5.56 Å². The van der Waals surface area contributed by atoms with Crippen LogP contribution in [0.3, 0.4) is 0 Å². The third kappa shape index (κ3) is 2.28. The first-order valence-electron chi connectivity index (χ1n) is 5.63. The summed E-state index contributed by atoms with van der Waals surface area (Å²) in [6.45, 7) is 0. The summed E-state index contributed by atoms with van der Waals surface area (Å²) in [4.78, 5) is 1.97. The van der Waals surface area contributed by atoms with Gasteiger partial charge in [-0.3, -0.25) is 0 Å². The first kappa shape index (κ1) is 12.0. The smallest absolute Gasteiger partial charge is 0.120 e. The average Bonchev–Trinajstić information content (AvgIpc) is 2.46. The predicted octanol–water partition coefficient (Wildman–Crippen LogP) is 3.33. The van der Waals surface area contributed by atoms with Crippen LogP contribution in [0.5, 0.6) is 5.75 Å². The van der Waals surface area contributed by atoms with Crippen molar-refractivity contribution in [1.82, 2.24) is 0 Å². The lowest BCUT2D eigenvalue weighted by Crippen LogP contribution is -2.10. The standard InChI is InChI=1S/C15H14N2O/c1-17(13-7-5-8-14(10-13)18-2)15-9-4-3-6-12(15)11-16/h3-10H,1-2H3. The molecule has 0 saturated heterocycles. The number of nitriles is 1. The molecule has 0 saturated carbocycles. The molecule has 0 fully saturated rings. The fourth-order valence-electron chi connectivity index (χ4n) is 1.82. The van der Waals surface area contributed by atoms with Gasteiger partial charge in [0.25, 0.3) is 0 Å². The van der Waals surface area contributed by atoms with E-state index in [1.54, 1.807) is 7.11 Å². The summed E-state index contributed by atoms with van der Waals surface area (Å²) in [6.07, 6.45) is 0. The number of methoxy groups -OCH3 is 1. The van der Waals surface area contributed by atoms with E-state index in [0.29, 0.717) is 5.56 Å². The number of rotatable bonds is 3. The van der Waals surface area contributed by atoms with Crippen LogP contribution in [-0.2, 0) is 0 Å². The Morgan fingerprint density at radius 3 is 2.61 bits per heavy atom. The van der Waals surface area contributed by atoms with Crippen molar-refractivity contribution in [2.45, 2.75) is 0 Å². The van der Waals surface area contributed by atoms with Crippen molar-refractivity contribution in [3.05, 3.63) is 54.1 Å². The molecule has 0 spiro atoms. The molecule has 90 valence electrons. The highest BCUT2D eigenvalue weighted by Crippen LogP contribution is 2.28. The van der Waals surface area contributed by atoms with Crippen LogP contribution in [0.25, 0.3) is 0 Å². The van der Waals surface area contributed by atoms with Crippen LogP contribution in [0.2, 0.25) is 0 Å². The van der Waals surface area contributed by atoms with Crippen molar-refractivity contribution in [3.8, 4) is 11.8 Å². The minimum atomic E-state index is 0.655. The molecule has 0 unspecified atom stereocenters. The molecule has 0 aliphatic rings. The van der Waals surface area contributed by atoms with Crippen molar-refractivity contribution in [3.63, 3.8) is 0 Å². The Balaban J connectivity index is 2.41. The van der Waals surface area contributed by atoms with E-state index in [-0.39, 0.29) is 0 Å². The monoisotopic (exact) mass is 238 g/mol. The second-order valence-corrected chi connectivity index (χ2v) is 3.89. The summed E-state index contributed by atoms with van der Waals surface area (Å²) in [5.74, 6) is 0.800. The Labute approximate surface area is 107 Å². The van der Waals surface area contributed by atoms with Crippen LogP contribution in [0.4, 0.5) is 11.4 Å². The SMILES string of the molecule is COc1cccc(N(C)c2ccccc2C#N)c1. The van der Waals surface area contributed by atoms with Gasteiger partial charge in [-0.1, -0.05) is 18.2 Å².